The normalized spacial score (nSPS) is 14.2. The average Bonchev–Trinajstić information content (AvgIpc) is 2.30. The molecule has 0 bridgehead atoms. The Morgan fingerprint density at radius 2 is 2.05 bits per heavy atom. The topological polar surface area (TPSA) is 46.5 Å². The number of carboxylic acids is 1. The van der Waals surface area contributed by atoms with E-state index in [-0.39, 0.29) is 0 Å². The third-order valence-corrected chi connectivity index (χ3v) is 3.40. The first-order valence-corrected chi connectivity index (χ1v) is 6.78. The van der Waals surface area contributed by atoms with Gasteiger partial charge in [-0.05, 0) is 50.3 Å². The third kappa shape index (κ3) is 3.49. The third-order valence-electron chi connectivity index (χ3n) is 3.40. The number of hydrogen-bond acceptors (Lipinski definition) is 2. The number of carboxylic acid groups (broad SMARTS) is 1. The molecule has 0 aliphatic carbocycles. The molecule has 1 rings (SSSR count). The highest BCUT2D eigenvalue weighted by Gasteiger charge is 2.36. The lowest BCUT2D eigenvalue weighted by molar-refractivity contribution is -0.143. The number of rotatable bonds is 6. The number of carbonyl (C=O) groups is 1. The van der Waals surface area contributed by atoms with Crippen molar-refractivity contribution in [2.75, 3.05) is 6.61 Å². The number of hydrogen-bond donors (Lipinski definition) is 1. The van der Waals surface area contributed by atoms with E-state index >= 15 is 0 Å². The minimum absolute atomic E-state index is 0.327. The Labute approximate surface area is 115 Å². The van der Waals surface area contributed by atoms with E-state index in [1.807, 2.05) is 45.9 Å². The molecule has 0 saturated heterocycles. The molecule has 3 heteroatoms. The van der Waals surface area contributed by atoms with Crippen LogP contribution in [0, 0.1) is 12.8 Å². The lowest BCUT2D eigenvalue weighted by Crippen LogP contribution is -2.34. The molecule has 0 aliphatic heterocycles. The minimum Gasteiger partial charge on any atom is -0.494 e. The molecule has 1 N–H and O–H groups in total. The number of benzene rings is 1. The number of ether oxygens (including phenoxy) is 1. The monoisotopic (exact) mass is 264 g/mol. The van der Waals surface area contributed by atoms with E-state index in [9.17, 15) is 9.90 Å². The Bertz CT molecular complexity index is 451. The van der Waals surface area contributed by atoms with E-state index in [1.54, 1.807) is 6.92 Å². The predicted molar refractivity (Wildman–Crippen MR) is 76.8 cm³/mol. The minimum atomic E-state index is -0.844. The standard InChI is InChI=1S/C16H24O3/c1-6-19-14-8-7-13(9-12(14)4)16(5,15(17)18)10-11(2)3/h7-9,11H,6,10H2,1-5H3,(H,17,18). The van der Waals surface area contributed by atoms with Crippen LogP contribution in [0.4, 0.5) is 0 Å². The quantitative estimate of drug-likeness (QED) is 0.850. The maximum absolute atomic E-state index is 11.6. The summed E-state index contributed by atoms with van der Waals surface area (Å²) in [6.45, 7) is 10.4. The second-order valence-electron chi connectivity index (χ2n) is 5.65. The van der Waals surface area contributed by atoms with Crippen molar-refractivity contribution >= 4 is 5.97 Å². The van der Waals surface area contributed by atoms with Gasteiger partial charge >= 0.3 is 5.97 Å². The fourth-order valence-electron chi connectivity index (χ4n) is 2.46. The SMILES string of the molecule is CCOc1ccc(C(C)(CC(C)C)C(=O)O)cc1C. The smallest absolute Gasteiger partial charge is 0.313 e. The summed E-state index contributed by atoms with van der Waals surface area (Å²) in [4.78, 5) is 11.6. The van der Waals surface area contributed by atoms with Crippen LogP contribution in [0.25, 0.3) is 0 Å². The zero-order chi connectivity index (χ0) is 14.6. The molecule has 0 aromatic heterocycles. The van der Waals surface area contributed by atoms with Gasteiger partial charge in [-0.2, -0.15) is 0 Å². The van der Waals surface area contributed by atoms with Crippen molar-refractivity contribution in [3.8, 4) is 5.75 Å². The van der Waals surface area contributed by atoms with Crippen molar-refractivity contribution in [3.05, 3.63) is 29.3 Å². The number of aryl methyl sites for hydroxylation is 1. The summed E-state index contributed by atoms with van der Waals surface area (Å²) in [5, 5.41) is 9.57. The zero-order valence-electron chi connectivity index (χ0n) is 12.5. The molecule has 0 fully saturated rings. The lowest BCUT2D eigenvalue weighted by atomic mass is 9.75. The van der Waals surface area contributed by atoms with Gasteiger partial charge in [0.2, 0.25) is 0 Å². The second kappa shape index (κ2) is 6.09. The van der Waals surface area contributed by atoms with Crippen molar-refractivity contribution in [2.24, 2.45) is 5.92 Å². The van der Waals surface area contributed by atoms with E-state index in [1.165, 1.54) is 0 Å². The Balaban J connectivity index is 3.17. The Kier molecular flexibility index (Phi) is 4.98. The first-order chi connectivity index (χ1) is 8.81. The van der Waals surface area contributed by atoms with Crippen LogP contribution < -0.4 is 4.74 Å². The van der Waals surface area contributed by atoms with Gasteiger partial charge in [-0.25, -0.2) is 0 Å². The van der Waals surface area contributed by atoms with Gasteiger partial charge in [0.25, 0.3) is 0 Å². The van der Waals surface area contributed by atoms with Gasteiger partial charge < -0.3 is 9.84 Å². The molecule has 1 unspecified atom stereocenters. The maximum Gasteiger partial charge on any atom is 0.313 e. The Morgan fingerprint density at radius 3 is 2.47 bits per heavy atom. The van der Waals surface area contributed by atoms with Crippen molar-refractivity contribution < 1.29 is 14.6 Å². The molecular formula is C16H24O3. The fraction of sp³-hybridized carbons (Fsp3) is 0.562. The molecule has 0 amide bonds. The largest absolute Gasteiger partial charge is 0.494 e. The van der Waals surface area contributed by atoms with Crippen LogP contribution in [0.15, 0.2) is 18.2 Å². The first kappa shape index (κ1) is 15.5. The first-order valence-electron chi connectivity index (χ1n) is 6.78. The molecule has 0 aliphatic rings. The molecule has 1 aromatic rings. The predicted octanol–water partition coefficient (Wildman–Crippen LogP) is 3.78. The molecule has 1 atom stereocenters. The van der Waals surface area contributed by atoms with Gasteiger partial charge in [0, 0.05) is 0 Å². The summed E-state index contributed by atoms with van der Waals surface area (Å²) >= 11 is 0. The van der Waals surface area contributed by atoms with Crippen LogP contribution in [0.1, 0.15) is 45.2 Å². The zero-order valence-corrected chi connectivity index (χ0v) is 12.5. The molecule has 3 nitrogen and oxygen atoms in total. The van der Waals surface area contributed by atoms with E-state index in [2.05, 4.69) is 0 Å². The summed E-state index contributed by atoms with van der Waals surface area (Å²) in [7, 11) is 0. The van der Waals surface area contributed by atoms with Gasteiger partial charge in [0.15, 0.2) is 0 Å². The van der Waals surface area contributed by atoms with Crippen molar-refractivity contribution in [1.29, 1.82) is 0 Å². The van der Waals surface area contributed by atoms with Crippen LogP contribution in [-0.2, 0) is 10.2 Å². The molecule has 0 saturated carbocycles. The van der Waals surface area contributed by atoms with Crippen LogP contribution in [0.3, 0.4) is 0 Å². The Hall–Kier alpha value is -1.51. The summed E-state index contributed by atoms with van der Waals surface area (Å²) < 4.78 is 5.50. The maximum atomic E-state index is 11.6. The molecular weight excluding hydrogens is 240 g/mol. The van der Waals surface area contributed by atoms with E-state index in [0.717, 1.165) is 16.9 Å². The summed E-state index contributed by atoms with van der Waals surface area (Å²) in [6.07, 6.45) is 0.621. The molecule has 1 aromatic carbocycles. The van der Waals surface area contributed by atoms with Gasteiger partial charge in [0.05, 0.1) is 12.0 Å². The van der Waals surface area contributed by atoms with Gasteiger partial charge in [-0.15, -0.1) is 0 Å². The van der Waals surface area contributed by atoms with Crippen molar-refractivity contribution in [1.82, 2.24) is 0 Å². The van der Waals surface area contributed by atoms with Crippen LogP contribution >= 0.6 is 0 Å². The second-order valence-corrected chi connectivity index (χ2v) is 5.65. The van der Waals surface area contributed by atoms with Crippen molar-refractivity contribution in [2.45, 2.75) is 46.5 Å². The van der Waals surface area contributed by atoms with Crippen LogP contribution in [0.2, 0.25) is 0 Å². The van der Waals surface area contributed by atoms with Gasteiger partial charge in [-0.3, -0.25) is 4.79 Å². The molecule has 106 valence electrons. The summed E-state index contributed by atoms with van der Waals surface area (Å²) in [6, 6.07) is 5.67. The summed E-state index contributed by atoms with van der Waals surface area (Å²) in [5.41, 5.74) is 0.981. The fourth-order valence-corrected chi connectivity index (χ4v) is 2.46. The van der Waals surface area contributed by atoms with Gasteiger partial charge in [0.1, 0.15) is 5.75 Å². The highest BCUT2D eigenvalue weighted by atomic mass is 16.5. The Morgan fingerprint density at radius 1 is 1.42 bits per heavy atom. The average molecular weight is 264 g/mol. The molecule has 19 heavy (non-hydrogen) atoms. The molecule has 0 spiro atoms. The van der Waals surface area contributed by atoms with E-state index < -0.39 is 11.4 Å². The summed E-state index contributed by atoms with van der Waals surface area (Å²) in [5.74, 6) is 0.376. The van der Waals surface area contributed by atoms with E-state index in [4.69, 9.17) is 4.74 Å². The lowest BCUT2D eigenvalue weighted by Gasteiger charge is -2.28. The van der Waals surface area contributed by atoms with Crippen LogP contribution in [0.5, 0.6) is 5.75 Å². The highest BCUT2D eigenvalue weighted by molar-refractivity contribution is 5.81. The highest BCUT2D eigenvalue weighted by Crippen LogP contribution is 2.34. The molecule has 0 heterocycles. The van der Waals surface area contributed by atoms with Gasteiger partial charge in [-0.1, -0.05) is 26.0 Å². The van der Waals surface area contributed by atoms with Crippen LogP contribution in [-0.4, -0.2) is 17.7 Å². The molecule has 0 radical (unpaired) electrons. The van der Waals surface area contributed by atoms with E-state index in [0.29, 0.717) is 18.9 Å². The number of aliphatic carboxylic acids is 1. The van der Waals surface area contributed by atoms with Crippen molar-refractivity contribution in [3.63, 3.8) is 0 Å².